The molecule has 1 aromatic carbocycles. The van der Waals surface area contributed by atoms with Crippen LogP contribution < -0.4 is 31.3 Å². The van der Waals surface area contributed by atoms with Crippen LogP contribution in [0.25, 0.3) is 11.3 Å². The van der Waals surface area contributed by atoms with Gasteiger partial charge in [0.15, 0.2) is 5.88 Å². The van der Waals surface area contributed by atoms with Gasteiger partial charge >= 0.3 is 0 Å². The Balaban J connectivity index is 1.29. The Bertz CT molecular complexity index is 1740. The highest BCUT2D eigenvalue weighted by Gasteiger charge is 2.43. The van der Waals surface area contributed by atoms with E-state index in [0.717, 1.165) is 29.5 Å². The quantitative estimate of drug-likeness (QED) is 0.181. The molecule has 6 rings (SSSR count). The number of nitrogens with one attached hydrogen (secondary N) is 5. The molecule has 3 atom stereocenters. The Labute approximate surface area is 289 Å². The number of halogens is 2. The number of carbonyl (C=O) groups excluding carboxylic acids is 2. The highest BCUT2D eigenvalue weighted by Crippen LogP contribution is 2.47. The molecule has 11 nitrogen and oxygen atoms in total. The third-order valence-electron chi connectivity index (χ3n) is 8.96. The summed E-state index contributed by atoms with van der Waals surface area (Å²) in [5, 5.41) is 17.3. The van der Waals surface area contributed by atoms with Crippen LogP contribution in [0.5, 0.6) is 5.88 Å². The molecule has 3 aromatic rings. The largest absolute Gasteiger partial charge is 0.482 e. The Hall–Kier alpha value is -4.16. The summed E-state index contributed by atoms with van der Waals surface area (Å²) in [5.41, 5.74) is 3.47. The summed E-state index contributed by atoms with van der Waals surface area (Å²) in [6.07, 6.45) is 8.07. The number of aromatic nitrogens is 2. The molecule has 3 aliphatic rings. The SMILES string of the molecule is COC1=C(CNC[C@H]2CCC(=O)N2)C=C(Cl)C(c2ccncc2)(c2cccc(-c3ccc(CNC[C@H]4CCC(=O)N4)c(OC)n3)c2Cl)N1. The number of hydrogen-bond donors (Lipinski definition) is 5. The first-order valence-corrected chi connectivity index (χ1v) is 16.7. The van der Waals surface area contributed by atoms with Gasteiger partial charge in [0.2, 0.25) is 17.7 Å². The van der Waals surface area contributed by atoms with Crippen LogP contribution in [0.4, 0.5) is 0 Å². The maximum atomic E-state index is 11.6. The van der Waals surface area contributed by atoms with Gasteiger partial charge in [0, 0.05) is 85.8 Å². The molecule has 2 aromatic heterocycles. The number of dihydropyridines is 1. The summed E-state index contributed by atoms with van der Waals surface area (Å²) < 4.78 is 11.6. The second-order valence-electron chi connectivity index (χ2n) is 12.1. The van der Waals surface area contributed by atoms with Crippen LogP contribution in [0.2, 0.25) is 5.02 Å². The molecule has 5 heterocycles. The monoisotopic (exact) mass is 691 g/mol. The summed E-state index contributed by atoms with van der Waals surface area (Å²) >= 11 is 14.6. The first-order chi connectivity index (χ1) is 23.3. The summed E-state index contributed by atoms with van der Waals surface area (Å²) in [5.74, 6) is 1.19. The van der Waals surface area contributed by atoms with Crippen molar-refractivity contribution in [1.29, 1.82) is 0 Å². The van der Waals surface area contributed by atoms with Crippen molar-refractivity contribution >= 4 is 35.0 Å². The molecule has 0 radical (unpaired) electrons. The molecule has 0 bridgehead atoms. The smallest absolute Gasteiger partial charge is 0.220 e. The molecule has 3 aliphatic heterocycles. The van der Waals surface area contributed by atoms with E-state index in [1.807, 2.05) is 48.5 Å². The molecule has 2 saturated heterocycles. The second kappa shape index (κ2) is 14.9. The number of carbonyl (C=O) groups is 2. The topological polar surface area (TPSA) is 139 Å². The lowest BCUT2D eigenvalue weighted by molar-refractivity contribution is -0.120. The van der Waals surface area contributed by atoms with Gasteiger partial charge in [-0.2, -0.15) is 0 Å². The molecule has 5 N–H and O–H groups in total. The van der Waals surface area contributed by atoms with E-state index in [4.69, 9.17) is 37.7 Å². The normalized spacial score (nSPS) is 22.2. The minimum Gasteiger partial charge on any atom is -0.482 e. The zero-order valence-electron chi connectivity index (χ0n) is 26.9. The fourth-order valence-corrected chi connectivity index (χ4v) is 7.24. The predicted octanol–water partition coefficient (Wildman–Crippen LogP) is 3.87. The van der Waals surface area contributed by atoms with Crippen LogP contribution in [-0.2, 0) is 26.4 Å². The third-order valence-corrected chi connectivity index (χ3v) is 9.76. The molecular formula is C35H39Cl2N7O4. The molecule has 1 unspecified atom stereocenters. The van der Waals surface area contributed by atoms with Crippen LogP contribution in [-0.4, -0.2) is 67.7 Å². The van der Waals surface area contributed by atoms with Gasteiger partial charge in [-0.25, -0.2) is 4.98 Å². The Morgan fingerprint density at radius 1 is 0.896 bits per heavy atom. The minimum atomic E-state index is -1.10. The van der Waals surface area contributed by atoms with E-state index in [-0.39, 0.29) is 23.9 Å². The lowest BCUT2D eigenvalue weighted by atomic mass is 9.79. The number of benzene rings is 1. The van der Waals surface area contributed by atoms with Gasteiger partial charge in [-0.3, -0.25) is 14.6 Å². The number of ether oxygens (including phenoxy) is 2. The van der Waals surface area contributed by atoms with Crippen LogP contribution in [0, 0.1) is 0 Å². The van der Waals surface area contributed by atoms with Gasteiger partial charge in [0.05, 0.1) is 30.0 Å². The first-order valence-electron chi connectivity index (χ1n) is 16.0. The maximum Gasteiger partial charge on any atom is 0.220 e. The van der Waals surface area contributed by atoms with Crippen LogP contribution in [0.15, 0.2) is 77.4 Å². The zero-order valence-corrected chi connectivity index (χ0v) is 28.4. The molecular weight excluding hydrogens is 653 g/mol. The average molecular weight is 693 g/mol. The Morgan fingerprint density at radius 3 is 2.21 bits per heavy atom. The minimum absolute atomic E-state index is 0.0793. The predicted molar refractivity (Wildman–Crippen MR) is 184 cm³/mol. The number of methoxy groups -OCH3 is 2. The van der Waals surface area contributed by atoms with E-state index in [9.17, 15) is 9.59 Å². The maximum absolute atomic E-state index is 11.6. The van der Waals surface area contributed by atoms with Crippen molar-refractivity contribution in [2.75, 3.05) is 33.9 Å². The van der Waals surface area contributed by atoms with Gasteiger partial charge in [0.1, 0.15) is 5.54 Å². The number of amides is 2. The van der Waals surface area contributed by atoms with Crippen molar-refractivity contribution in [3.05, 3.63) is 99.1 Å². The fourth-order valence-electron chi connectivity index (χ4n) is 6.49. The number of rotatable bonds is 13. The van der Waals surface area contributed by atoms with Crippen molar-refractivity contribution in [2.24, 2.45) is 0 Å². The van der Waals surface area contributed by atoms with E-state index < -0.39 is 5.54 Å². The van der Waals surface area contributed by atoms with Gasteiger partial charge in [-0.05, 0) is 42.7 Å². The molecule has 2 amide bonds. The molecule has 0 spiro atoms. The molecule has 0 aliphatic carbocycles. The van der Waals surface area contributed by atoms with Gasteiger partial charge in [0.25, 0.3) is 0 Å². The number of hydrogen-bond acceptors (Lipinski definition) is 9. The van der Waals surface area contributed by atoms with Crippen LogP contribution in [0.3, 0.4) is 0 Å². The van der Waals surface area contributed by atoms with E-state index in [1.165, 1.54) is 0 Å². The molecule has 0 saturated carbocycles. The first kappa shape index (κ1) is 33.7. The van der Waals surface area contributed by atoms with Gasteiger partial charge < -0.3 is 36.1 Å². The van der Waals surface area contributed by atoms with Crippen molar-refractivity contribution in [3.8, 4) is 17.1 Å². The van der Waals surface area contributed by atoms with Crippen molar-refractivity contribution in [1.82, 2.24) is 36.6 Å². The molecule has 48 heavy (non-hydrogen) atoms. The molecule has 2 fully saturated rings. The van der Waals surface area contributed by atoms with Gasteiger partial charge in [-0.1, -0.05) is 47.5 Å². The van der Waals surface area contributed by atoms with E-state index in [0.29, 0.717) is 77.7 Å². The zero-order chi connectivity index (χ0) is 33.7. The van der Waals surface area contributed by atoms with Crippen LogP contribution in [0.1, 0.15) is 42.4 Å². The fraction of sp³-hybridized carbons (Fsp3) is 0.371. The number of nitrogens with zero attached hydrogens (tertiary/aromatic N) is 2. The summed E-state index contributed by atoms with van der Waals surface area (Å²) in [6, 6.07) is 13.7. The van der Waals surface area contributed by atoms with Crippen LogP contribution >= 0.6 is 23.2 Å². The average Bonchev–Trinajstić information content (AvgIpc) is 3.72. The summed E-state index contributed by atoms with van der Waals surface area (Å²) in [6.45, 7) is 2.30. The lowest BCUT2D eigenvalue weighted by Crippen LogP contribution is -2.47. The van der Waals surface area contributed by atoms with Gasteiger partial charge in [-0.15, -0.1) is 0 Å². The molecule has 13 heteroatoms. The van der Waals surface area contributed by atoms with E-state index in [2.05, 4.69) is 31.6 Å². The lowest BCUT2D eigenvalue weighted by Gasteiger charge is -2.40. The standard InChI is InChI=1S/C35H39Cl2N7O4/c1-47-33-21(17-39-19-24-7-10-30(45)41-24)6-9-28(43-33)26-4-3-5-27(32(26)37)35(23-12-14-38-15-13-23)29(36)16-22(34(44-35)48-2)18-40-20-25-8-11-31(46)42-25/h3-6,9,12-16,24-25,39-40,44H,7-8,10-11,17-20H2,1-2H3,(H,41,45)(H,42,46)/t24-,25-,35?/m1/s1. The Morgan fingerprint density at radius 2 is 1.58 bits per heavy atom. The molecule has 252 valence electrons. The second-order valence-corrected chi connectivity index (χ2v) is 12.8. The van der Waals surface area contributed by atoms with Crippen molar-refractivity contribution in [2.45, 2.75) is 49.9 Å². The highest BCUT2D eigenvalue weighted by atomic mass is 35.5. The number of pyridine rings is 2. The summed E-state index contributed by atoms with van der Waals surface area (Å²) in [4.78, 5) is 32.3. The summed E-state index contributed by atoms with van der Waals surface area (Å²) in [7, 11) is 3.20. The van der Waals surface area contributed by atoms with Crippen molar-refractivity contribution in [3.63, 3.8) is 0 Å². The third kappa shape index (κ3) is 7.00. The van der Waals surface area contributed by atoms with Crippen molar-refractivity contribution < 1.29 is 19.1 Å². The highest BCUT2D eigenvalue weighted by molar-refractivity contribution is 6.35. The Kier molecular flexibility index (Phi) is 10.5. The van der Waals surface area contributed by atoms with E-state index in [1.54, 1.807) is 26.6 Å². The van der Waals surface area contributed by atoms with E-state index >= 15 is 0 Å².